The van der Waals surface area contributed by atoms with Crippen LogP contribution in [0.2, 0.25) is 0 Å². The van der Waals surface area contributed by atoms with Gasteiger partial charge in [-0.15, -0.1) is 0 Å². The Kier molecular flexibility index (Phi) is 8.09. The standard InChI is InChI=1S/C12H24N2O5/c1-5-8(2)14(6-7-19-4)12(18)13-10(9(3)15)11(16)17/h8-10,15H,5-7H2,1-4H3,(H,13,18)(H,16,17)/t8?,9-,10+/m1/s1. The van der Waals surface area contributed by atoms with Crippen molar-refractivity contribution in [1.29, 1.82) is 0 Å². The summed E-state index contributed by atoms with van der Waals surface area (Å²) in [4.78, 5) is 24.5. The quantitative estimate of drug-likeness (QED) is 0.591. The van der Waals surface area contributed by atoms with E-state index in [1.807, 2.05) is 13.8 Å². The van der Waals surface area contributed by atoms with Gasteiger partial charge in [-0.3, -0.25) is 0 Å². The van der Waals surface area contributed by atoms with Gasteiger partial charge in [-0.1, -0.05) is 6.92 Å². The molecule has 0 aliphatic carbocycles. The number of amides is 2. The molecule has 1 unspecified atom stereocenters. The fourth-order valence-electron chi connectivity index (χ4n) is 1.54. The van der Waals surface area contributed by atoms with Gasteiger partial charge in [0.1, 0.15) is 0 Å². The largest absolute Gasteiger partial charge is 0.480 e. The van der Waals surface area contributed by atoms with Crippen LogP contribution >= 0.6 is 0 Å². The SMILES string of the molecule is CCC(C)N(CCOC)C(=O)N[C@H](C(=O)O)[C@@H](C)O. The van der Waals surface area contributed by atoms with E-state index in [0.29, 0.717) is 13.2 Å². The molecule has 7 nitrogen and oxygen atoms in total. The monoisotopic (exact) mass is 276 g/mol. The average Bonchev–Trinajstić information content (AvgIpc) is 2.35. The first-order chi connectivity index (χ1) is 8.84. The fourth-order valence-corrected chi connectivity index (χ4v) is 1.54. The van der Waals surface area contributed by atoms with Crippen LogP contribution in [0.25, 0.3) is 0 Å². The zero-order valence-electron chi connectivity index (χ0n) is 11.9. The molecule has 0 saturated carbocycles. The van der Waals surface area contributed by atoms with Crippen LogP contribution in [0.3, 0.4) is 0 Å². The molecule has 0 radical (unpaired) electrons. The van der Waals surface area contributed by atoms with Crippen molar-refractivity contribution in [1.82, 2.24) is 10.2 Å². The van der Waals surface area contributed by atoms with Gasteiger partial charge in [-0.25, -0.2) is 9.59 Å². The molecular weight excluding hydrogens is 252 g/mol. The van der Waals surface area contributed by atoms with Crippen LogP contribution in [-0.2, 0) is 9.53 Å². The molecule has 0 aliphatic heterocycles. The predicted molar refractivity (Wildman–Crippen MR) is 70.0 cm³/mol. The molecule has 112 valence electrons. The van der Waals surface area contributed by atoms with Crippen LogP contribution in [0, 0.1) is 0 Å². The molecule has 19 heavy (non-hydrogen) atoms. The third kappa shape index (κ3) is 5.89. The van der Waals surface area contributed by atoms with Gasteiger partial charge in [0.05, 0.1) is 12.7 Å². The van der Waals surface area contributed by atoms with Crippen molar-refractivity contribution in [2.24, 2.45) is 0 Å². The van der Waals surface area contributed by atoms with Crippen molar-refractivity contribution in [2.45, 2.75) is 45.4 Å². The number of carboxylic acids is 1. The fraction of sp³-hybridized carbons (Fsp3) is 0.833. The Morgan fingerprint density at radius 3 is 2.32 bits per heavy atom. The summed E-state index contributed by atoms with van der Waals surface area (Å²) in [7, 11) is 1.53. The van der Waals surface area contributed by atoms with Crippen molar-refractivity contribution >= 4 is 12.0 Å². The molecule has 3 N–H and O–H groups in total. The van der Waals surface area contributed by atoms with Gasteiger partial charge in [0.2, 0.25) is 0 Å². The van der Waals surface area contributed by atoms with E-state index in [-0.39, 0.29) is 6.04 Å². The van der Waals surface area contributed by atoms with Crippen molar-refractivity contribution < 1.29 is 24.5 Å². The first-order valence-electron chi connectivity index (χ1n) is 6.32. The van der Waals surface area contributed by atoms with E-state index in [1.54, 1.807) is 0 Å². The number of aliphatic hydroxyl groups is 1. The van der Waals surface area contributed by atoms with Gasteiger partial charge in [0.15, 0.2) is 6.04 Å². The second kappa shape index (κ2) is 8.71. The van der Waals surface area contributed by atoms with Crippen molar-refractivity contribution in [3.63, 3.8) is 0 Å². The first-order valence-corrected chi connectivity index (χ1v) is 6.32. The van der Waals surface area contributed by atoms with E-state index in [1.165, 1.54) is 18.9 Å². The van der Waals surface area contributed by atoms with Crippen molar-refractivity contribution in [2.75, 3.05) is 20.3 Å². The number of ether oxygens (including phenoxy) is 1. The molecule has 7 heteroatoms. The average molecular weight is 276 g/mol. The van der Waals surface area contributed by atoms with Gasteiger partial charge < -0.3 is 25.2 Å². The van der Waals surface area contributed by atoms with Gasteiger partial charge in [0.25, 0.3) is 0 Å². The Morgan fingerprint density at radius 2 is 1.95 bits per heavy atom. The number of methoxy groups -OCH3 is 1. The minimum absolute atomic E-state index is 0.0430. The molecule has 2 amide bonds. The molecule has 0 heterocycles. The lowest BCUT2D eigenvalue weighted by atomic mass is 10.2. The molecule has 0 rings (SSSR count). The third-order valence-corrected chi connectivity index (χ3v) is 2.95. The minimum Gasteiger partial charge on any atom is -0.480 e. The molecule has 0 spiro atoms. The smallest absolute Gasteiger partial charge is 0.328 e. The second-order valence-electron chi connectivity index (χ2n) is 4.45. The number of carbonyl (C=O) groups excluding carboxylic acids is 1. The van der Waals surface area contributed by atoms with Gasteiger partial charge >= 0.3 is 12.0 Å². The topological polar surface area (TPSA) is 99.1 Å². The van der Waals surface area contributed by atoms with Gasteiger partial charge in [-0.05, 0) is 20.3 Å². The molecule has 0 aromatic carbocycles. The normalized spacial score (nSPS) is 15.4. The van der Waals surface area contributed by atoms with Gasteiger partial charge in [-0.2, -0.15) is 0 Å². The second-order valence-corrected chi connectivity index (χ2v) is 4.45. The summed E-state index contributed by atoms with van der Waals surface area (Å²) < 4.78 is 4.93. The van der Waals surface area contributed by atoms with E-state index in [9.17, 15) is 14.7 Å². The molecule has 0 bridgehead atoms. The van der Waals surface area contributed by atoms with Crippen LogP contribution in [0.5, 0.6) is 0 Å². The summed E-state index contributed by atoms with van der Waals surface area (Å²) in [6.07, 6.45) is -0.425. The maximum absolute atomic E-state index is 12.1. The Morgan fingerprint density at radius 1 is 1.37 bits per heavy atom. The number of nitrogens with one attached hydrogen (secondary N) is 1. The maximum Gasteiger partial charge on any atom is 0.328 e. The number of rotatable bonds is 8. The number of urea groups is 1. The highest BCUT2D eigenvalue weighted by Gasteiger charge is 2.28. The number of hydrogen-bond acceptors (Lipinski definition) is 4. The Bertz CT molecular complexity index is 296. The summed E-state index contributed by atoms with van der Waals surface area (Å²) in [5, 5.41) is 20.6. The molecule has 0 fully saturated rings. The van der Waals surface area contributed by atoms with E-state index in [4.69, 9.17) is 9.84 Å². The number of aliphatic carboxylic acids is 1. The summed E-state index contributed by atoms with van der Waals surface area (Å²) in [6.45, 7) is 5.85. The Labute approximate surface area is 113 Å². The lowest BCUT2D eigenvalue weighted by Crippen LogP contribution is -2.54. The predicted octanol–water partition coefficient (Wildman–Crippen LogP) is 0.277. The van der Waals surface area contributed by atoms with Crippen LogP contribution in [-0.4, -0.2) is 65.6 Å². The van der Waals surface area contributed by atoms with Crippen LogP contribution in [0.4, 0.5) is 4.79 Å². The van der Waals surface area contributed by atoms with Crippen LogP contribution in [0.15, 0.2) is 0 Å². The Hall–Kier alpha value is -1.34. The molecule has 0 aromatic rings. The summed E-state index contributed by atoms with van der Waals surface area (Å²) in [5.41, 5.74) is 0. The van der Waals surface area contributed by atoms with E-state index in [0.717, 1.165) is 6.42 Å². The molecule has 0 saturated heterocycles. The van der Waals surface area contributed by atoms with E-state index in [2.05, 4.69) is 5.32 Å². The summed E-state index contributed by atoms with van der Waals surface area (Å²) in [5.74, 6) is -1.26. The minimum atomic E-state index is -1.32. The van der Waals surface area contributed by atoms with Crippen LogP contribution in [0.1, 0.15) is 27.2 Å². The molecule has 3 atom stereocenters. The lowest BCUT2D eigenvalue weighted by molar-refractivity contribution is -0.141. The molecule has 0 aromatic heterocycles. The number of nitrogens with zero attached hydrogens (tertiary/aromatic N) is 1. The third-order valence-electron chi connectivity index (χ3n) is 2.95. The van der Waals surface area contributed by atoms with Gasteiger partial charge in [0, 0.05) is 19.7 Å². The molecular formula is C12H24N2O5. The zero-order valence-corrected chi connectivity index (χ0v) is 11.9. The summed E-state index contributed by atoms with van der Waals surface area (Å²) >= 11 is 0. The van der Waals surface area contributed by atoms with Crippen molar-refractivity contribution in [3.8, 4) is 0 Å². The van der Waals surface area contributed by atoms with E-state index < -0.39 is 24.1 Å². The lowest BCUT2D eigenvalue weighted by Gasteiger charge is -2.30. The number of carbonyl (C=O) groups is 2. The first kappa shape index (κ1) is 17.7. The van der Waals surface area contributed by atoms with E-state index >= 15 is 0 Å². The number of aliphatic hydroxyl groups excluding tert-OH is 1. The molecule has 0 aliphatic rings. The number of hydrogen-bond donors (Lipinski definition) is 3. The highest BCUT2D eigenvalue weighted by Crippen LogP contribution is 2.05. The highest BCUT2D eigenvalue weighted by atomic mass is 16.5. The van der Waals surface area contributed by atoms with Crippen LogP contribution < -0.4 is 5.32 Å². The Balaban J connectivity index is 4.74. The highest BCUT2D eigenvalue weighted by molar-refractivity contribution is 5.83. The zero-order chi connectivity index (χ0) is 15.0. The summed E-state index contributed by atoms with van der Waals surface area (Å²) in [6, 6.07) is -1.88. The maximum atomic E-state index is 12.1. The number of carboxylic acid groups (broad SMARTS) is 1. The van der Waals surface area contributed by atoms with Crippen molar-refractivity contribution in [3.05, 3.63) is 0 Å².